The third-order valence-corrected chi connectivity index (χ3v) is 3.39. The van der Waals surface area contributed by atoms with Gasteiger partial charge in [0.25, 0.3) is 0 Å². The molecule has 0 aliphatic carbocycles. The van der Waals surface area contributed by atoms with E-state index in [0.717, 1.165) is 0 Å². The number of sulfone groups is 1. The van der Waals surface area contributed by atoms with Crippen molar-refractivity contribution in [3.8, 4) is 0 Å². The SMILES string of the molecule is O=CC(F)C1CS(=O)(=O)C1. The lowest BCUT2D eigenvalue weighted by Gasteiger charge is -2.25. The fraction of sp³-hybridized carbons (Fsp3) is 0.800. The first-order chi connectivity index (χ1) is 4.55. The van der Waals surface area contributed by atoms with Gasteiger partial charge in [0, 0.05) is 5.92 Å². The first-order valence-corrected chi connectivity index (χ1v) is 4.67. The van der Waals surface area contributed by atoms with E-state index in [-0.39, 0.29) is 17.8 Å². The van der Waals surface area contributed by atoms with Crippen LogP contribution in [0.3, 0.4) is 0 Å². The highest BCUT2D eigenvalue weighted by atomic mass is 32.2. The van der Waals surface area contributed by atoms with Crippen LogP contribution in [0.1, 0.15) is 0 Å². The Balaban J connectivity index is 2.47. The lowest BCUT2D eigenvalue weighted by atomic mass is 10.1. The van der Waals surface area contributed by atoms with Crippen molar-refractivity contribution in [3.63, 3.8) is 0 Å². The molecule has 1 aliphatic heterocycles. The van der Waals surface area contributed by atoms with Gasteiger partial charge in [-0.25, -0.2) is 12.8 Å². The van der Waals surface area contributed by atoms with Crippen LogP contribution in [0, 0.1) is 5.92 Å². The van der Waals surface area contributed by atoms with Gasteiger partial charge in [0.2, 0.25) is 0 Å². The number of alkyl halides is 1. The third-order valence-electron chi connectivity index (χ3n) is 1.52. The van der Waals surface area contributed by atoms with Crippen LogP contribution in [-0.2, 0) is 14.6 Å². The maximum Gasteiger partial charge on any atom is 0.160 e. The highest BCUT2D eigenvalue weighted by Gasteiger charge is 2.38. The molecule has 3 nitrogen and oxygen atoms in total. The molecular weight excluding hydrogens is 159 g/mol. The van der Waals surface area contributed by atoms with Gasteiger partial charge in [-0.05, 0) is 0 Å². The summed E-state index contributed by atoms with van der Waals surface area (Å²) in [5.74, 6) is -0.928. The number of hydrogen-bond donors (Lipinski definition) is 0. The molecule has 0 saturated carbocycles. The third kappa shape index (κ3) is 1.34. The Labute approximate surface area is 58.1 Å². The van der Waals surface area contributed by atoms with Gasteiger partial charge in [-0.3, -0.25) is 0 Å². The zero-order valence-electron chi connectivity index (χ0n) is 5.16. The highest BCUT2D eigenvalue weighted by Crippen LogP contribution is 2.22. The van der Waals surface area contributed by atoms with Crippen molar-refractivity contribution in [1.82, 2.24) is 0 Å². The van der Waals surface area contributed by atoms with E-state index in [2.05, 4.69) is 0 Å². The smallest absolute Gasteiger partial charge is 0.160 e. The Morgan fingerprint density at radius 1 is 1.50 bits per heavy atom. The summed E-state index contributed by atoms with van der Waals surface area (Å²) in [4.78, 5) is 9.78. The number of aldehydes is 1. The lowest BCUT2D eigenvalue weighted by Crippen LogP contribution is -2.42. The molecule has 0 bridgehead atoms. The monoisotopic (exact) mass is 166 g/mol. The molecule has 0 spiro atoms. The summed E-state index contributed by atoms with van der Waals surface area (Å²) in [5, 5.41) is 0. The van der Waals surface area contributed by atoms with E-state index in [1.807, 2.05) is 0 Å². The minimum Gasteiger partial charge on any atom is -0.300 e. The van der Waals surface area contributed by atoms with Crippen molar-refractivity contribution in [2.75, 3.05) is 11.5 Å². The fourth-order valence-electron chi connectivity index (χ4n) is 0.898. The Morgan fingerprint density at radius 3 is 2.30 bits per heavy atom. The quantitative estimate of drug-likeness (QED) is 0.523. The van der Waals surface area contributed by atoms with Gasteiger partial charge in [0.1, 0.15) is 0 Å². The molecule has 1 rings (SSSR count). The standard InChI is InChI=1S/C5H7FO3S/c6-5(1-7)4-2-10(8,9)3-4/h1,4-5H,2-3H2. The van der Waals surface area contributed by atoms with E-state index in [9.17, 15) is 17.6 Å². The van der Waals surface area contributed by atoms with Crippen LogP contribution < -0.4 is 0 Å². The van der Waals surface area contributed by atoms with Crippen molar-refractivity contribution < 1.29 is 17.6 Å². The van der Waals surface area contributed by atoms with Crippen LogP contribution in [0.5, 0.6) is 0 Å². The Morgan fingerprint density at radius 2 is 2.00 bits per heavy atom. The van der Waals surface area contributed by atoms with E-state index in [0.29, 0.717) is 0 Å². The minimum absolute atomic E-state index is 0.152. The molecule has 1 heterocycles. The predicted molar refractivity (Wildman–Crippen MR) is 33.1 cm³/mol. The second-order valence-corrected chi connectivity index (χ2v) is 4.57. The Bertz CT molecular complexity index is 221. The molecule has 1 fully saturated rings. The van der Waals surface area contributed by atoms with E-state index in [1.165, 1.54) is 0 Å². The molecule has 1 aliphatic rings. The highest BCUT2D eigenvalue weighted by molar-refractivity contribution is 7.92. The second-order valence-electron chi connectivity index (χ2n) is 2.42. The largest absolute Gasteiger partial charge is 0.300 e. The van der Waals surface area contributed by atoms with Gasteiger partial charge < -0.3 is 4.79 Å². The van der Waals surface area contributed by atoms with Crippen molar-refractivity contribution in [2.24, 2.45) is 5.92 Å². The molecule has 10 heavy (non-hydrogen) atoms. The molecular formula is C5H7FO3S. The molecule has 0 aromatic heterocycles. The molecule has 1 unspecified atom stereocenters. The second kappa shape index (κ2) is 2.30. The normalized spacial score (nSPS) is 26.9. The summed E-state index contributed by atoms with van der Waals surface area (Å²) in [6.45, 7) is 0. The maximum atomic E-state index is 12.3. The van der Waals surface area contributed by atoms with Crippen LogP contribution in [0.25, 0.3) is 0 Å². The first-order valence-electron chi connectivity index (χ1n) is 2.85. The number of rotatable bonds is 2. The fourth-order valence-corrected chi connectivity index (χ4v) is 2.47. The van der Waals surface area contributed by atoms with Crippen LogP contribution in [0.15, 0.2) is 0 Å². The molecule has 0 N–H and O–H groups in total. The zero-order valence-corrected chi connectivity index (χ0v) is 5.97. The summed E-state index contributed by atoms with van der Waals surface area (Å²) in [6, 6.07) is 0. The van der Waals surface area contributed by atoms with Crippen LogP contribution in [-0.4, -0.2) is 32.4 Å². The summed E-state index contributed by atoms with van der Waals surface area (Å²) in [7, 11) is -2.98. The molecule has 58 valence electrons. The number of carbonyl (C=O) groups excluding carboxylic acids is 1. The minimum atomic E-state index is -2.98. The molecule has 1 atom stereocenters. The van der Waals surface area contributed by atoms with Crippen molar-refractivity contribution in [2.45, 2.75) is 6.17 Å². The topological polar surface area (TPSA) is 51.2 Å². The summed E-state index contributed by atoms with van der Waals surface area (Å²) in [5.41, 5.74) is 0. The van der Waals surface area contributed by atoms with Crippen molar-refractivity contribution in [1.29, 1.82) is 0 Å². The van der Waals surface area contributed by atoms with Gasteiger partial charge in [-0.15, -0.1) is 0 Å². The van der Waals surface area contributed by atoms with Crippen molar-refractivity contribution in [3.05, 3.63) is 0 Å². The molecule has 5 heteroatoms. The molecule has 0 aromatic carbocycles. The van der Waals surface area contributed by atoms with Gasteiger partial charge in [-0.1, -0.05) is 0 Å². The zero-order chi connectivity index (χ0) is 7.78. The molecule has 0 radical (unpaired) electrons. The summed E-state index contributed by atoms with van der Waals surface area (Å²) >= 11 is 0. The van der Waals surface area contributed by atoms with Gasteiger partial charge in [0.15, 0.2) is 22.3 Å². The predicted octanol–water partition coefficient (Wildman–Crippen LogP) is -0.432. The van der Waals surface area contributed by atoms with Crippen LogP contribution >= 0.6 is 0 Å². The molecule has 0 aromatic rings. The van der Waals surface area contributed by atoms with Gasteiger partial charge in [0.05, 0.1) is 11.5 Å². The Kier molecular flexibility index (Phi) is 1.76. The van der Waals surface area contributed by atoms with E-state index in [4.69, 9.17) is 0 Å². The number of carbonyl (C=O) groups is 1. The van der Waals surface area contributed by atoms with Gasteiger partial charge >= 0.3 is 0 Å². The van der Waals surface area contributed by atoms with E-state index in [1.54, 1.807) is 0 Å². The molecule has 1 saturated heterocycles. The lowest BCUT2D eigenvalue weighted by molar-refractivity contribution is -0.113. The maximum absolute atomic E-state index is 12.3. The van der Waals surface area contributed by atoms with Crippen LogP contribution in [0.4, 0.5) is 4.39 Å². The summed E-state index contributed by atoms with van der Waals surface area (Å²) < 4.78 is 33.2. The van der Waals surface area contributed by atoms with Gasteiger partial charge in [-0.2, -0.15) is 0 Å². The molecule has 0 amide bonds. The average molecular weight is 166 g/mol. The summed E-state index contributed by atoms with van der Waals surface area (Å²) in [6.07, 6.45) is -1.44. The van der Waals surface area contributed by atoms with E-state index >= 15 is 0 Å². The number of hydrogen-bond acceptors (Lipinski definition) is 3. The first kappa shape index (κ1) is 7.65. The Hall–Kier alpha value is -0.450. The van der Waals surface area contributed by atoms with E-state index < -0.39 is 21.9 Å². The van der Waals surface area contributed by atoms with Crippen molar-refractivity contribution >= 4 is 16.1 Å². The average Bonchev–Trinajstić information content (AvgIpc) is 1.81. The number of halogens is 1. The van der Waals surface area contributed by atoms with Crippen LogP contribution in [0.2, 0.25) is 0 Å².